The molecule has 3 rings (SSSR count). The second kappa shape index (κ2) is 5.97. The van der Waals surface area contributed by atoms with E-state index in [0.29, 0.717) is 13.0 Å². The fourth-order valence-electron chi connectivity index (χ4n) is 2.55. The van der Waals surface area contributed by atoms with Crippen LogP contribution in [-0.2, 0) is 29.6 Å². The molecule has 1 aromatic heterocycles. The van der Waals surface area contributed by atoms with Gasteiger partial charge in [0.1, 0.15) is 0 Å². The largest absolute Gasteiger partial charge is 0.282 e. The molecule has 112 valence electrons. The van der Waals surface area contributed by atoms with Gasteiger partial charge >= 0.3 is 0 Å². The summed E-state index contributed by atoms with van der Waals surface area (Å²) in [6.07, 6.45) is 4.05. The van der Waals surface area contributed by atoms with Crippen molar-refractivity contribution in [2.45, 2.75) is 31.8 Å². The quantitative estimate of drug-likeness (QED) is 0.767. The number of hydrogen-bond donors (Lipinski definition) is 3. The van der Waals surface area contributed by atoms with Gasteiger partial charge in [-0.15, -0.1) is 0 Å². The van der Waals surface area contributed by atoms with Gasteiger partial charge in [0.15, 0.2) is 0 Å². The molecule has 0 amide bonds. The van der Waals surface area contributed by atoms with Gasteiger partial charge in [-0.1, -0.05) is 30.3 Å². The third kappa shape index (κ3) is 3.69. The zero-order valence-corrected chi connectivity index (χ0v) is 12.4. The molecule has 0 saturated heterocycles. The maximum Gasteiger partial charge on any atom is 0.277 e. The number of rotatable bonds is 5. The lowest BCUT2D eigenvalue weighted by Crippen LogP contribution is -2.44. The number of benzene rings is 1. The van der Waals surface area contributed by atoms with Gasteiger partial charge in [-0.25, -0.2) is 0 Å². The van der Waals surface area contributed by atoms with Crippen LogP contribution in [0.2, 0.25) is 0 Å². The number of aryl methyl sites for hydroxylation is 1. The van der Waals surface area contributed by atoms with Crippen LogP contribution in [0.1, 0.15) is 23.2 Å². The first-order chi connectivity index (χ1) is 10.1. The summed E-state index contributed by atoms with van der Waals surface area (Å²) < 4.78 is 29.4. The van der Waals surface area contributed by atoms with E-state index in [9.17, 15) is 8.42 Å². The fraction of sp³-hybridized carbons (Fsp3) is 0.357. The Morgan fingerprint density at radius 2 is 2.10 bits per heavy atom. The van der Waals surface area contributed by atoms with Crippen LogP contribution in [0.4, 0.5) is 0 Å². The summed E-state index contributed by atoms with van der Waals surface area (Å²) in [5.41, 5.74) is 3.14. The Balaban J connectivity index is 1.57. The first-order valence-electron chi connectivity index (χ1n) is 6.94. The van der Waals surface area contributed by atoms with E-state index >= 15 is 0 Å². The van der Waals surface area contributed by atoms with Gasteiger partial charge in [-0.2, -0.15) is 23.0 Å². The normalized spacial score (nSPS) is 18.4. The highest BCUT2D eigenvalue weighted by Crippen LogP contribution is 2.19. The molecule has 3 N–H and O–H groups in total. The summed E-state index contributed by atoms with van der Waals surface area (Å²) in [7, 11) is -3.50. The SMILES string of the molecule is O=S(=O)(NCc1ccccc1)NC1CCc2[nH]ncc2C1. The van der Waals surface area contributed by atoms with E-state index in [0.717, 1.165) is 29.7 Å². The molecule has 0 spiro atoms. The average molecular weight is 306 g/mol. The molecule has 1 aliphatic carbocycles. The lowest BCUT2D eigenvalue weighted by molar-refractivity contribution is 0.498. The number of aromatic nitrogens is 2. The predicted octanol–water partition coefficient (Wildman–Crippen LogP) is 0.891. The van der Waals surface area contributed by atoms with E-state index in [1.807, 2.05) is 30.3 Å². The maximum absolute atomic E-state index is 12.1. The zero-order chi connectivity index (χ0) is 14.7. The van der Waals surface area contributed by atoms with E-state index in [1.54, 1.807) is 6.20 Å². The summed E-state index contributed by atoms with van der Waals surface area (Å²) >= 11 is 0. The highest BCUT2D eigenvalue weighted by molar-refractivity contribution is 7.87. The molecular formula is C14H18N4O2S. The molecule has 0 aliphatic heterocycles. The lowest BCUT2D eigenvalue weighted by atomic mass is 9.94. The Labute approximate surface area is 124 Å². The van der Waals surface area contributed by atoms with E-state index in [-0.39, 0.29) is 6.04 Å². The van der Waals surface area contributed by atoms with E-state index < -0.39 is 10.2 Å². The van der Waals surface area contributed by atoms with Crippen molar-refractivity contribution in [2.24, 2.45) is 0 Å². The van der Waals surface area contributed by atoms with Crippen LogP contribution < -0.4 is 9.44 Å². The van der Waals surface area contributed by atoms with Gasteiger partial charge in [-0.05, 0) is 30.4 Å². The van der Waals surface area contributed by atoms with Gasteiger partial charge in [0, 0.05) is 18.3 Å². The van der Waals surface area contributed by atoms with Crippen LogP contribution in [0.15, 0.2) is 36.5 Å². The second-order valence-corrected chi connectivity index (χ2v) is 6.77. The predicted molar refractivity (Wildman–Crippen MR) is 79.7 cm³/mol. The van der Waals surface area contributed by atoms with Crippen LogP contribution in [0.25, 0.3) is 0 Å². The monoisotopic (exact) mass is 306 g/mol. The smallest absolute Gasteiger partial charge is 0.277 e. The molecule has 1 atom stereocenters. The van der Waals surface area contributed by atoms with Gasteiger partial charge in [0.2, 0.25) is 0 Å². The minimum Gasteiger partial charge on any atom is -0.282 e. The van der Waals surface area contributed by atoms with Crippen molar-refractivity contribution < 1.29 is 8.42 Å². The number of H-pyrrole nitrogens is 1. The van der Waals surface area contributed by atoms with Gasteiger partial charge in [0.25, 0.3) is 10.2 Å². The summed E-state index contributed by atoms with van der Waals surface area (Å²) in [6.45, 7) is 0.292. The molecule has 0 saturated carbocycles. The first-order valence-corrected chi connectivity index (χ1v) is 8.43. The Morgan fingerprint density at radius 3 is 2.90 bits per heavy atom. The highest BCUT2D eigenvalue weighted by atomic mass is 32.2. The molecular weight excluding hydrogens is 288 g/mol. The van der Waals surface area contributed by atoms with Crippen LogP contribution in [0.3, 0.4) is 0 Å². The minimum atomic E-state index is -3.50. The number of aromatic amines is 1. The summed E-state index contributed by atoms with van der Waals surface area (Å²) in [5.74, 6) is 0. The molecule has 1 aromatic carbocycles. The van der Waals surface area contributed by atoms with E-state index in [1.165, 1.54) is 0 Å². The Morgan fingerprint density at radius 1 is 1.29 bits per heavy atom. The van der Waals surface area contributed by atoms with Crippen LogP contribution in [0, 0.1) is 0 Å². The maximum atomic E-state index is 12.1. The number of hydrogen-bond acceptors (Lipinski definition) is 3. The zero-order valence-electron chi connectivity index (χ0n) is 11.5. The molecule has 1 aliphatic rings. The van der Waals surface area contributed by atoms with Crippen LogP contribution in [-0.4, -0.2) is 24.7 Å². The molecule has 0 radical (unpaired) electrons. The van der Waals surface area contributed by atoms with Crippen LogP contribution in [0.5, 0.6) is 0 Å². The molecule has 21 heavy (non-hydrogen) atoms. The summed E-state index contributed by atoms with van der Waals surface area (Å²) in [5, 5.41) is 6.94. The number of fused-ring (bicyclic) bond motifs is 1. The summed E-state index contributed by atoms with van der Waals surface area (Å²) in [4.78, 5) is 0. The van der Waals surface area contributed by atoms with Gasteiger partial charge in [0.05, 0.1) is 6.20 Å². The van der Waals surface area contributed by atoms with E-state index in [4.69, 9.17) is 0 Å². The number of nitrogens with zero attached hydrogens (tertiary/aromatic N) is 1. The van der Waals surface area contributed by atoms with Gasteiger partial charge < -0.3 is 0 Å². The molecule has 0 bridgehead atoms. The summed E-state index contributed by atoms with van der Waals surface area (Å²) in [6, 6.07) is 9.38. The molecule has 0 fully saturated rings. The number of nitrogens with one attached hydrogen (secondary N) is 3. The standard InChI is InChI=1S/C14H18N4O2S/c19-21(20,16-9-11-4-2-1-3-5-11)18-13-6-7-14-12(8-13)10-15-17-14/h1-5,10,13,16,18H,6-9H2,(H,15,17). The Bertz CT molecular complexity index is 697. The average Bonchev–Trinajstić information content (AvgIpc) is 2.93. The van der Waals surface area contributed by atoms with Crippen molar-refractivity contribution in [3.8, 4) is 0 Å². The Hall–Kier alpha value is -1.70. The van der Waals surface area contributed by atoms with Crippen molar-refractivity contribution in [1.29, 1.82) is 0 Å². The Kier molecular flexibility index (Phi) is 4.05. The lowest BCUT2D eigenvalue weighted by Gasteiger charge is -2.22. The van der Waals surface area contributed by atoms with Crippen molar-refractivity contribution in [3.05, 3.63) is 53.3 Å². The molecule has 1 unspecified atom stereocenters. The molecule has 7 heteroatoms. The van der Waals surface area contributed by atoms with Crippen molar-refractivity contribution in [2.75, 3.05) is 0 Å². The third-order valence-corrected chi connectivity index (χ3v) is 4.82. The topological polar surface area (TPSA) is 86.9 Å². The van der Waals surface area contributed by atoms with Gasteiger partial charge in [-0.3, -0.25) is 5.10 Å². The van der Waals surface area contributed by atoms with Crippen molar-refractivity contribution >= 4 is 10.2 Å². The first kappa shape index (κ1) is 14.2. The van der Waals surface area contributed by atoms with E-state index in [2.05, 4.69) is 19.6 Å². The van der Waals surface area contributed by atoms with Crippen molar-refractivity contribution in [1.82, 2.24) is 19.6 Å². The van der Waals surface area contributed by atoms with Crippen molar-refractivity contribution in [3.63, 3.8) is 0 Å². The molecule has 6 nitrogen and oxygen atoms in total. The molecule has 2 aromatic rings. The third-order valence-electron chi connectivity index (χ3n) is 3.65. The van der Waals surface area contributed by atoms with Crippen LogP contribution >= 0.6 is 0 Å². The minimum absolute atomic E-state index is 0.0802. The fourth-order valence-corrected chi connectivity index (χ4v) is 3.63. The highest BCUT2D eigenvalue weighted by Gasteiger charge is 2.23. The second-order valence-electron chi connectivity index (χ2n) is 5.24. The molecule has 1 heterocycles.